The van der Waals surface area contributed by atoms with Gasteiger partial charge in [-0.25, -0.2) is 0 Å². The van der Waals surface area contributed by atoms with Gasteiger partial charge in [-0.1, -0.05) is 0 Å². The standard InChI is InChI=1S/Li.Nb.3H2O/h;;3*1H2. The molecular formula is H6LiNbO3. The van der Waals surface area contributed by atoms with E-state index in [1.165, 1.54) is 0 Å². The zero-order valence-electron chi connectivity index (χ0n) is 2.95. The van der Waals surface area contributed by atoms with E-state index in [2.05, 4.69) is 0 Å². The fraction of sp³-hybridized carbons (Fsp3) is 0. The van der Waals surface area contributed by atoms with Crippen LogP contribution in [0.3, 0.4) is 0 Å². The average Bonchev–Trinajstić information content (AvgIpc) is 0. The Bertz CT molecular complexity index is 6.85. The van der Waals surface area contributed by atoms with E-state index in [-0.39, 0.29) is 57.7 Å². The molecule has 0 atom stereocenters. The maximum Gasteiger partial charge on any atom is 0 e. The van der Waals surface area contributed by atoms with Crippen molar-refractivity contribution in [3.05, 3.63) is 0 Å². The Morgan fingerprint density at radius 3 is 0.600 bits per heavy atom. The van der Waals surface area contributed by atoms with Gasteiger partial charge < -0.3 is 16.4 Å². The number of hydrogen-bond acceptors (Lipinski definition) is 0. The Morgan fingerprint density at radius 2 is 0.600 bits per heavy atom. The van der Waals surface area contributed by atoms with Gasteiger partial charge in [0.1, 0.15) is 0 Å². The van der Waals surface area contributed by atoms with Crippen molar-refractivity contribution in [2.45, 2.75) is 0 Å². The Hall–Kier alpha value is 1.22. The summed E-state index contributed by atoms with van der Waals surface area (Å²) in [7, 11) is 0. The van der Waals surface area contributed by atoms with Crippen molar-refractivity contribution in [3.63, 3.8) is 0 Å². The number of rotatable bonds is 0. The van der Waals surface area contributed by atoms with E-state index < -0.39 is 0 Å². The molecule has 0 spiro atoms. The van der Waals surface area contributed by atoms with E-state index in [0.29, 0.717) is 0 Å². The molecule has 0 aromatic carbocycles. The van der Waals surface area contributed by atoms with Crippen LogP contribution in [0.15, 0.2) is 0 Å². The molecule has 3 nitrogen and oxygen atoms in total. The van der Waals surface area contributed by atoms with Gasteiger partial charge >= 0.3 is 0 Å². The third-order valence-corrected chi connectivity index (χ3v) is 0. The monoisotopic (exact) mass is 154 g/mol. The van der Waals surface area contributed by atoms with Crippen LogP contribution < -0.4 is 0 Å². The Morgan fingerprint density at radius 1 is 0.600 bits per heavy atom. The van der Waals surface area contributed by atoms with E-state index in [4.69, 9.17) is 0 Å². The quantitative estimate of drug-likeness (QED) is 0.335. The zero-order chi connectivity index (χ0) is 0. The molecule has 5 heteroatoms. The van der Waals surface area contributed by atoms with Crippen molar-refractivity contribution in [1.29, 1.82) is 0 Å². The molecule has 30 valence electrons. The number of hydrogen-bond donors (Lipinski definition) is 0. The largest absolute Gasteiger partial charge is 0.412 e. The summed E-state index contributed by atoms with van der Waals surface area (Å²) in [4.78, 5) is 0. The molecular weight excluding hydrogens is 148 g/mol. The molecule has 0 rings (SSSR count). The third kappa shape index (κ3) is 36.4. The average molecular weight is 154 g/mol. The van der Waals surface area contributed by atoms with Crippen LogP contribution in [0.4, 0.5) is 0 Å². The summed E-state index contributed by atoms with van der Waals surface area (Å²) in [5.74, 6) is 0. The van der Waals surface area contributed by atoms with Gasteiger partial charge in [0.25, 0.3) is 0 Å². The molecule has 0 aliphatic rings. The summed E-state index contributed by atoms with van der Waals surface area (Å²) >= 11 is 0. The molecule has 0 fully saturated rings. The van der Waals surface area contributed by atoms with Crippen molar-refractivity contribution in [1.82, 2.24) is 0 Å². The van der Waals surface area contributed by atoms with Crippen molar-refractivity contribution in [2.75, 3.05) is 0 Å². The minimum atomic E-state index is 0. The van der Waals surface area contributed by atoms with E-state index in [1.54, 1.807) is 0 Å². The van der Waals surface area contributed by atoms with E-state index >= 15 is 0 Å². The van der Waals surface area contributed by atoms with E-state index in [1.807, 2.05) is 0 Å². The Kier molecular flexibility index (Phi) is 1430. The fourth-order valence-electron chi connectivity index (χ4n) is 0. The predicted octanol–water partition coefficient (Wildman–Crippen LogP) is -2.86. The molecule has 2 radical (unpaired) electrons. The second-order valence-electron chi connectivity index (χ2n) is 0. The SMILES string of the molecule is O.O.O.[Li].[Nb]. The molecule has 0 aliphatic heterocycles. The minimum absolute atomic E-state index is 0. The van der Waals surface area contributed by atoms with Gasteiger partial charge in [-0.05, 0) is 0 Å². The molecule has 0 bridgehead atoms. The van der Waals surface area contributed by atoms with Crippen LogP contribution in [0.25, 0.3) is 0 Å². The van der Waals surface area contributed by atoms with Crippen LogP contribution >= 0.6 is 0 Å². The first-order valence-electron chi connectivity index (χ1n) is 0. The van der Waals surface area contributed by atoms with Crippen molar-refractivity contribution in [3.8, 4) is 0 Å². The van der Waals surface area contributed by atoms with Crippen molar-refractivity contribution in [2.24, 2.45) is 0 Å². The topological polar surface area (TPSA) is 94.5 Å². The van der Waals surface area contributed by atoms with Crippen molar-refractivity contribution < 1.29 is 38.8 Å². The molecule has 0 aromatic rings. The molecule has 6 N–H and O–H groups in total. The van der Waals surface area contributed by atoms with E-state index in [0.717, 1.165) is 0 Å². The maximum atomic E-state index is 0. The summed E-state index contributed by atoms with van der Waals surface area (Å²) in [5.41, 5.74) is 0. The van der Waals surface area contributed by atoms with Crippen molar-refractivity contribution >= 4 is 18.9 Å². The summed E-state index contributed by atoms with van der Waals surface area (Å²) in [6, 6.07) is 0. The minimum Gasteiger partial charge on any atom is -0.412 e. The second-order valence-corrected chi connectivity index (χ2v) is 0. The smallest absolute Gasteiger partial charge is 0 e. The van der Waals surface area contributed by atoms with Gasteiger partial charge in [0.05, 0.1) is 0 Å². The predicted molar refractivity (Wildman–Crippen MR) is 16.6 cm³/mol. The van der Waals surface area contributed by atoms with Crippen LogP contribution in [0, 0.1) is 0 Å². The Labute approximate surface area is 57.7 Å². The van der Waals surface area contributed by atoms with Crippen LogP contribution in [-0.2, 0) is 22.4 Å². The molecule has 0 heterocycles. The van der Waals surface area contributed by atoms with Crippen LogP contribution in [0.2, 0.25) is 0 Å². The molecule has 0 saturated carbocycles. The molecule has 0 aromatic heterocycles. The Balaban J connectivity index is 0. The molecule has 0 amide bonds. The van der Waals surface area contributed by atoms with Gasteiger partial charge in [0, 0.05) is 41.2 Å². The van der Waals surface area contributed by atoms with Gasteiger partial charge in [-0.2, -0.15) is 0 Å². The van der Waals surface area contributed by atoms with Crippen LogP contribution in [0.5, 0.6) is 0 Å². The fourth-order valence-corrected chi connectivity index (χ4v) is 0. The van der Waals surface area contributed by atoms with Gasteiger partial charge in [0.15, 0.2) is 0 Å². The first kappa shape index (κ1) is 114. The normalized spacial score (nSPS) is 0. The molecule has 0 unspecified atom stereocenters. The second kappa shape index (κ2) is 62.6. The van der Waals surface area contributed by atoms with Gasteiger partial charge in [-0.15, -0.1) is 0 Å². The summed E-state index contributed by atoms with van der Waals surface area (Å²) in [6.07, 6.45) is 0. The first-order chi connectivity index (χ1) is 0. The van der Waals surface area contributed by atoms with Crippen LogP contribution in [0.1, 0.15) is 0 Å². The summed E-state index contributed by atoms with van der Waals surface area (Å²) in [6.45, 7) is 0. The third-order valence-electron chi connectivity index (χ3n) is 0. The molecule has 0 saturated heterocycles. The van der Waals surface area contributed by atoms with E-state index in [9.17, 15) is 0 Å². The maximum absolute atomic E-state index is 0. The van der Waals surface area contributed by atoms with Gasteiger partial charge in [-0.3, -0.25) is 0 Å². The van der Waals surface area contributed by atoms with Crippen LogP contribution in [-0.4, -0.2) is 35.3 Å². The molecule has 0 aliphatic carbocycles. The summed E-state index contributed by atoms with van der Waals surface area (Å²) < 4.78 is 0. The zero-order valence-corrected chi connectivity index (χ0v) is 5.15. The summed E-state index contributed by atoms with van der Waals surface area (Å²) in [5, 5.41) is 0. The first-order valence-corrected chi connectivity index (χ1v) is 0. The molecule has 5 heavy (non-hydrogen) atoms. The van der Waals surface area contributed by atoms with Gasteiger partial charge in [0.2, 0.25) is 0 Å².